The Balaban J connectivity index is 1.96. The summed E-state index contributed by atoms with van der Waals surface area (Å²) in [5, 5.41) is 12.2. The van der Waals surface area contributed by atoms with E-state index in [4.69, 9.17) is 21.1 Å². The van der Waals surface area contributed by atoms with Crippen molar-refractivity contribution >= 4 is 17.6 Å². The van der Waals surface area contributed by atoms with Gasteiger partial charge in [-0.1, -0.05) is 23.7 Å². The Labute approximate surface area is 116 Å². The van der Waals surface area contributed by atoms with Gasteiger partial charge < -0.3 is 14.8 Å². The second-order valence-electron chi connectivity index (χ2n) is 4.07. The molecule has 0 aliphatic heterocycles. The van der Waals surface area contributed by atoms with Crippen LogP contribution in [0, 0.1) is 0 Å². The highest BCUT2D eigenvalue weighted by atomic mass is 35.5. The normalized spacial score (nSPS) is 10.6. The molecule has 1 aromatic carbocycles. The van der Waals surface area contributed by atoms with Crippen molar-refractivity contribution in [1.29, 1.82) is 0 Å². The third kappa shape index (κ3) is 3.84. The highest BCUT2D eigenvalue weighted by Gasteiger charge is 2.07. The van der Waals surface area contributed by atoms with Crippen LogP contribution in [0.1, 0.15) is 12.2 Å². The van der Waals surface area contributed by atoms with E-state index in [9.17, 15) is 4.79 Å². The molecular weight excluding hydrogens is 266 g/mol. The smallest absolute Gasteiger partial charge is 0.304 e. The molecule has 2 N–H and O–H groups in total. The summed E-state index contributed by atoms with van der Waals surface area (Å²) < 4.78 is 5.66. The van der Waals surface area contributed by atoms with Crippen molar-refractivity contribution in [3.8, 4) is 11.3 Å². The monoisotopic (exact) mass is 279 g/mol. The first-order valence-electron chi connectivity index (χ1n) is 5.93. The van der Waals surface area contributed by atoms with Crippen molar-refractivity contribution in [2.45, 2.75) is 13.0 Å². The topological polar surface area (TPSA) is 62.5 Å². The SMILES string of the molecule is O=C(O)CCNCc1ccc(-c2ccccc2Cl)o1. The second-order valence-corrected chi connectivity index (χ2v) is 4.47. The Kier molecular flexibility index (Phi) is 4.60. The lowest BCUT2D eigenvalue weighted by Gasteiger charge is -2.01. The molecule has 0 radical (unpaired) electrons. The summed E-state index contributed by atoms with van der Waals surface area (Å²) in [4.78, 5) is 10.4. The number of benzene rings is 1. The molecule has 100 valence electrons. The van der Waals surface area contributed by atoms with Gasteiger partial charge in [0.25, 0.3) is 0 Å². The predicted octanol–water partition coefficient (Wildman–Crippen LogP) is 3.16. The Morgan fingerprint density at radius 2 is 2.05 bits per heavy atom. The fourth-order valence-electron chi connectivity index (χ4n) is 1.69. The minimum absolute atomic E-state index is 0.0953. The number of hydrogen-bond acceptors (Lipinski definition) is 3. The molecule has 0 atom stereocenters. The number of rotatable bonds is 6. The van der Waals surface area contributed by atoms with E-state index in [1.54, 1.807) is 0 Å². The average molecular weight is 280 g/mol. The van der Waals surface area contributed by atoms with Gasteiger partial charge >= 0.3 is 5.97 Å². The molecule has 5 heteroatoms. The molecule has 0 unspecified atom stereocenters. The van der Waals surface area contributed by atoms with E-state index in [0.29, 0.717) is 23.9 Å². The van der Waals surface area contributed by atoms with Gasteiger partial charge in [-0.25, -0.2) is 0 Å². The number of hydrogen-bond donors (Lipinski definition) is 2. The number of aliphatic carboxylic acids is 1. The number of carbonyl (C=O) groups is 1. The highest BCUT2D eigenvalue weighted by Crippen LogP contribution is 2.28. The third-order valence-corrected chi connectivity index (χ3v) is 2.95. The molecule has 1 aromatic heterocycles. The van der Waals surface area contributed by atoms with Crippen molar-refractivity contribution in [3.63, 3.8) is 0 Å². The van der Waals surface area contributed by atoms with Crippen LogP contribution in [-0.4, -0.2) is 17.6 Å². The summed E-state index contributed by atoms with van der Waals surface area (Å²) in [5.74, 6) is 0.643. The van der Waals surface area contributed by atoms with Crippen molar-refractivity contribution < 1.29 is 14.3 Å². The first-order valence-corrected chi connectivity index (χ1v) is 6.31. The summed E-state index contributed by atoms with van der Waals surface area (Å²) in [6.45, 7) is 0.912. The number of halogens is 1. The van der Waals surface area contributed by atoms with Crippen LogP contribution < -0.4 is 5.32 Å². The van der Waals surface area contributed by atoms with Gasteiger partial charge in [-0.05, 0) is 24.3 Å². The molecule has 0 bridgehead atoms. The molecule has 0 fully saturated rings. The van der Waals surface area contributed by atoms with Crippen LogP contribution >= 0.6 is 11.6 Å². The molecule has 2 rings (SSSR count). The van der Waals surface area contributed by atoms with Crippen molar-refractivity contribution in [2.24, 2.45) is 0 Å². The van der Waals surface area contributed by atoms with Gasteiger partial charge in [-0.3, -0.25) is 4.79 Å². The van der Waals surface area contributed by atoms with Crippen LogP contribution in [0.5, 0.6) is 0 Å². The number of furan rings is 1. The van der Waals surface area contributed by atoms with Gasteiger partial charge in [-0.2, -0.15) is 0 Å². The van der Waals surface area contributed by atoms with Gasteiger partial charge in [0, 0.05) is 12.1 Å². The van der Waals surface area contributed by atoms with E-state index in [1.165, 1.54) is 0 Å². The summed E-state index contributed by atoms with van der Waals surface area (Å²) in [7, 11) is 0. The number of carboxylic acids is 1. The van der Waals surface area contributed by atoms with Crippen molar-refractivity contribution in [1.82, 2.24) is 5.32 Å². The van der Waals surface area contributed by atoms with Gasteiger partial charge in [0.2, 0.25) is 0 Å². The second kappa shape index (κ2) is 6.41. The summed E-state index contributed by atoms with van der Waals surface area (Å²) in [6.07, 6.45) is 0.0953. The van der Waals surface area contributed by atoms with E-state index in [1.807, 2.05) is 36.4 Å². The van der Waals surface area contributed by atoms with Crippen LogP contribution in [0.2, 0.25) is 5.02 Å². The molecule has 2 aromatic rings. The Bertz CT molecular complexity index is 565. The zero-order valence-electron chi connectivity index (χ0n) is 10.2. The van der Waals surface area contributed by atoms with E-state index < -0.39 is 5.97 Å². The minimum atomic E-state index is -0.816. The molecule has 0 saturated heterocycles. The quantitative estimate of drug-likeness (QED) is 0.797. The summed E-state index contributed by atoms with van der Waals surface area (Å²) in [5.41, 5.74) is 0.848. The molecule has 0 aliphatic rings. The van der Waals surface area contributed by atoms with E-state index >= 15 is 0 Å². The summed E-state index contributed by atoms with van der Waals surface area (Å²) in [6, 6.07) is 11.2. The predicted molar refractivity (Wildman–Crippen MR) is 73.1 cm³/mol. The molecule has 19 heavy (non-hydrogen) atoms. The lowest BCUT2D eigenvalue weighted by Crippen LogP contribution is -2.17. The fraction of sp³-hybridized carbons (Fsp3) is 0.214. The Morgan fingerprint density at radius 1 is 1.26 bits per heavy atom. The molecule has 0 saturated carbocycles. The molecule has 1 heterocycles. The largest absolute Gasteiger partial charge is 0.481 e. The molecule has 0 aliphatic carbocycles. The first kappa shape index (κ1) is 13.6. The van der Waals surface area contributed by atoms with Crippen molar-refractivity contribution in [3.05, 3.63) is 47.2 Å². The lowest BCUT2D eigenvalue weighted by molar-refractivity contribution is -0.136. The van der Waals surface area contributed by atoms with Crippen LogP contribution in [0.15, 0.2) is 40.8 Å². The number of nitrogens with one attached hydrogen (secondary N) is 1. The maximum absolute atomic E-state index is 10.4. The maximum Gasteiger partial charge on any atom is 0.304 e. The Hall–Kier alpha value is -1.78. The molecule has 0 amide bonds. The third-order valence-electron chi connectivity index (χ3n) is 2.62. The highest BCUT2D eigenvalue weighted by molar-refractivity contribution is 6.33. The van der Waals surface area contributed by atoms with Crippen LogP contribution in [0.4, 0.5) is 0 Å². The van der Waals surface area contributed by atoms with E-state index in [2.05, 4.69) is 5.32 Å². The molecule has 4 nitrogen and oxygen atoms in total. The zero-order chi connectivity index (χ0) is 13.7. The lowest BCUT2D eigenvalue weighted by atomic mass is 10.2. The van der Waals surface area contributed by atoms with Gasteiger partial charge in [0.1, 0.15) is 11.5 Å². The van der Waals surface area contributed by atoms with Gasteiger partial charge in [0.05, 0.1) is 18.0 Å². The number of carboxylic acid groups (broad SMARTS) is 1. The summed E-state index contributed by atoms with van der Waals surface area (Å²) >= 11 is 6.09. The van der Waals surface area contributed by atoms with Crippen LogP contribution in [-0.2, 0) is 11.3 Å². The Morgan fingerprint density at radius 3 is 2.79 bits per heavy atom. The fourth-order valence-corrected chi connectivity index (χ4v) is 1.91. The van der Waals surface area contributed by atoms with E-state index in [0.717, 1.165) is 11.3 Å². The average Bonchev–Trinajstić information content (AvgIpc) is 2.83. The van der Waals surface area contributed by atoms with E-state index in [-0.39, 0.29) is 6.42 Å². The first-order chi connectivity index (χ1) is 9.16. The maximum atomic E-state index is 10.4. The standard InChI is InChI=1S/C14H14ClNO3/c15-12-4-2-1-3-11(12)13-6-5-10(19-13)9-16-8-7-14(17)18/h1-6,16H,7-9H2,(H,17,18). The van der Waals surface area contributed by atoms with Crippen LogP contribution in [0.3, 0.4) is 0 Å². The minimum Gasteiger partial charge on any atom is -0.481 e. The zero-order valence-corrected chi connectivity index (χ0v) is 11.0. The van der Waals surface area contributed by atoms with Gasteiger partial charge in [-0.15, -0.1) is 0 Å². The van der Waals surface area contributed by atoms with Gasteiger partial charge in [0.15, 0.2) is 0 Å². The van der Waals surface area contributed by atoms with Crippen molar-refractivity contribution in [2.75, 3.05) is 6.54 Å². The molecule has 0 spiro atoms. The molecular formula is C14H14ClNO3. The van der Waals surface area contributed by atoms with Crippen LogP contribution in [0.25, 0.3) is 11.3 Å².